The van der Waals surface area contributed by atoms with Crippen LogP contribution >= 0.6 is 23.2 Å². The van der Waals surface area contributed by atoms with Crippen molar-refractivity contribution in [1.82, 2.24) is 9.21 Å². The third kappa shape index (κ3) is 5.84. The molecule has 0 spiro atoms. The van der Waals surface area contributed by atoms with E-state index in [1.54, 1.807) is 30.3 Å². The molecular formula is C20H24Cl2N2O4S. The fourth-order valence-corrected chi connectivity index (χ4v) is 4.79. The smallest absolute Gasteiger partial charge is 0.243 e. The second-order valence-corrected chi connectivity index (χ2v) is 9.51. The summed E-state index contributed by atoms with van der Waals surface area (Å²) in [4.78, 5) is 2.34. The molecule has 0 aliphatic carbocycles. The number of likely N-dealkylation sites (N-methyl/N-ethyl adjacent to an activating group) is 1. The van der Waals surface area contributed by atoms with Gasteiger partial charge in [0, 0.05) is 26.2 Å². The van der Waals surface area contributed by atoms with Crippen LogP contribution in [0.15, 0.2) is 47.4 Å². The minimum Gasteiger partial charge on any atom is -0.492 e. The van der Waals surface area contributed by atoms with E-state index in [1.807, 2.05) is 19.2 Å². The summed E-state index contributed by atoms with van der Waals surface area (Å²) < 4.78 is 37.7. The van der Waals surface area contributed by atoms with Gasteiger partial charge in [0.25, 0.3) is 0 Å². The van der Waals surface area contributed by atoms with Gasteiger partial charge in [0.2, 0.25) is 10.0 Å². The Labute approximate surface area is 182 Å². The summed E-state index contributed by atoms with van der Waals surface area (Å²) in [6.45, 7) is 3.40. The zero-order valence-corrected chi connectivity index (χ0v) is 18.5. The van der Waals surface area contributed by atoms with E-state index in [9.17, 15) is 8.42 Å². The van der Waals surface area contributed by atoms with Crippen molar-refractivity contribution >= 4 is 33.2 Å². The second-order valence-electron chi connectivity index (χ2n) is 6.79. The maximum atomic E-state index is 12.6. The number of halogens is 2. The van der Waals surface area contributed by atoms with Gasteiger partial charge in [0.1, 0.15) is 12.4 Å². The molecule has 2 aromatic rings. The first kappa shape index (κ1) is 22.3. The molecule has 0 aromatic heterocycles. The summed E-state index contributed by atoms with van der Waals surface area (Å²) in [5, 5.41) is 1.11. The van der Waals surface area contributed by atoms with Crippen LogP contribution in [0.2, 0.25) is 10.0 Å². The van der Waals surface area contributed by atoms with Crippen molar-refractivity contribution in [2.75, 3.05) is 46.5 Å². The highest BCUT2D eigenvalue weighted by atomic mass is 35.5. The lowest BCUT2D eigenvalue weighted by Gasteiger charge is -2.26. The maximum Gasteiger partial charge on any atom is 0.243 e. The highest BCUT2D eigenvalue weighted by molar-refractivity contribution is 7.89. The lowest BCUT2D eigenvalue weighted by molar-refractivity contribution is 0.0730. The third-order valence-electron chi connectivity index (χ3n) is 4.65. The van der Waals surface area contributed by atoms with Gasteiger partial charge in [0.15, 0.2) is 0 Å². The zero-order chi connectivity index (χ0) is 20.9. The van der Waals surface area contributed by atoms with Gasteiger partial charge in [-0.25, -0.2) is 8.42 Å². The van der Waals surface area contributed by atoms with E-state index < -0.39 is 10.0 Å². The van der Waals surface area contributed by atoms with Gasteiger partial charge in [0.05, 0.1) is 28.2 Å². The molecule has 3 rings (SSSR count). The minimum atomic E-state index is -3.49. The molecule has 0 atom stereocenters. The largest absolute Gasteiger partial charge is 0.492 e. The van der Waals surface area contributed by atoms with E-state index in [0.29, 0.717) is 61.8 Å². The zero-order valence-electron chi connectivity index (χ0n) is 16.2. The van der Waals surface area contributed by atoms with E-state index in [-0.39, 0.29) is 4.90 Å². The van der Waals surface area contributed by atoms with Gasteiger partial charge in [-0.15, -0.1) is 0 Å². The molecule has 1 aliphatic rings. The highest BCUT2D eigenvalue weighted by Crippen LogP contribution is 2.26. The van der Waals surface area contributed by atoms with Crippen molar-refractivity contribution in [2.45, 2.75) is 11.4 Å². The SMILES string of the molecule is CN(CCOc1ccc(S(=O)(=O)N2CCOCC2)cc1)Cc1cccc(Cl)c1Cl. The van der Waals surface area contributed by atoms with Crippen LogP contribution < -0.4 is 4.74 Å². The molecule has 9 heteroatoms. The molecular weight excluding hydrogens is 435 g/mol. The van der Waals surface area contributed by atoms with Crippen LogP contribution in [-0.4, -0.2) is 64.1 Å². The molecule has 158 valence electrons. The molecule has 1 aliphatic heterocycles. The fourth-order valence-electron chi connectivity index (χ4n) is 3.00. The van der Waals surface area contributed by atoms with E-state index in [2.05, 4.69) is 4.90 Å². The van der Waals surface area contributed by atoms with Crippen molar-refractivity contribution < 1.29 is 17.9 Å². The van der Waals surface area contributed by atoms with E-state index >= 15 is 0 Å². The van der Waals surface area contributed by atoms with Crippen LogP contribution in [-0.2, 0) is 21.3 Å². The lowest BCUT2D eigenvalue weighted by Crippen LogP contribution is -2.40. The van der Waals surface area contributed by atoms with Gasteiger partial charge in [-0.05, 0) is 42.9 Å². The van der Waals surface area contributed by atoms with Crippen molar-refractivity contribution in [1.29, 1.82) is 0 Å². The predicted molar refractivity (Wildman–Crippen MR) is 114 cm³/mol. The molecule has 0 unspecified atom stereocenters. The van der Waals surface area contributed by atoms with Gasteiger partial charge < -0.3 is 9.47 Å². The standard InChI is InChI=1S/C20H24Cl2N2O4S/c1-23(15-16-3-2-4-19(21)20(16)22)9-14-28-17-5-7-18(8-6-17)29(25,26)24-10-12-27-13-11-24/h2-8H,9-15H2,1H3. The molecule has 1 heterocycles. The summed E-state index contributed by atoms with van der Waals surface area (Å²) in [7, 11) is -1.52. The Kier molecular flexibility index (Phi) is 7.79. The van der Waals surface area contributed by atoms with Crippen molar-refractivity contribution in [3.05, 3.63) is 58.1 Å². The molecule has 1 fully saturated rings. The van der Waals surface area contributed by atoms with Crippen LogP contribution in [0.3, 0.4) is 0 Å². The third-order valence-corrected chi connectivity index (χ3v) is 7.42. The minimum absolute atomic E-state index is 0.263. The summed E-state index contributed by atoms with van der Waals surface area (Å²) in [6.07, 6.45) is 0. The molecule has 0 radical (unpaired) electrons. The fraction of sp³-hybridized carbons (Fsp3) is 0.400. The first-order chi connectivity index (χ1) is 13.9. The average molecular weight is 459 g/mol. The summed E-state index contributed by atoms with van der Waals surface area (Å²) in [5.41, 5.74) is 0.958. The summed E-state index contributed by atoms with van der Waals surface area (Å²) >= 11 is 12.3. The van der Waals surface area contributed by atoms with Crippen LogP contribution in [0.1, 0.15) is 5.56 Å². The topological polar surface area (TPSA) is 59.1 Å². The van der Waals surface area contributed by atoms with E-state index in [4.69, 9.17) is 32.7 Å². The number of hydrogen-bond acceptors (Lipinski definition) is 5. The molecule has 6 nitrogen and oxygen atoms in total. The van der Waals surface area contributed by atoms with Crippen LogP contribution in [0.25, 0.3) is 0 Å². The molecule has 0 bridgehead atoms. The number of morpholine rings is 1. The predicted octanol–water partition coefficient (Wildman–Crippen LogP) is 3.53. The van der Waals surface area contributed by atoms with Crippen molar-refractivity contribution in [3.8, 4) is 5.75 Å². The molecule has 0 N–H and O–H groups in total. The number of rotatable bonds is 8. The van der Waals surface area contributed by atoms with Gasteiger partial charge in [-0.3, -0.25) is 4.90 Å². The average Bonchev–Trinajstić information content (AvgIpc) is 2.72. The summed E-state index contributed by atoms with van der Waals surface area (Å²) in [5.74, 6) is 0.625. The molecule has 2 aromatic carbocycles. The van der Waals surface area contributed by atoms with Gasteiger partial charge in [-0.1, -0.05) is 35.3 Å². The van der Waals surface area contributed by atoms with Crippen molar-refractivity contribution in [2.24, 2.45) is 0 Å². The first-order valence-corrected chi connectivity index (χ1v) is 11.5. The number of nitrogens with zero attached hydrogens (tertiary/aromatic N) is 2. The van der Waals surface area contributed by atoms with Crippen LogP contribution in [0, 0.1) is 0 Å². The highest BCUT2D eigenvalue weighted by Gasteiger charge is 2.26. The van der Waals surface area contributed by atoms with Crippen LogP contribution in [0.4, 0.5) is 0 Å². The van der Waals surface area contributed by atoms with Gasteiger partial charge in [-0.2, -0.15) is 4.31 Å². The Morgan fingerprint density at radius 2 is 1.79 bits per heavy atom. The maximum absolute atomic E-state index is 12.6. The number of ether oxygens (including phenoxy) is 2. The number of sulfonamides is 1. The molecule has 29 heavy (non-hydrogen) atoms. The van der Waals surface area contributed by atoms with Gasteiger partial charge >= 0.3 is 0 Å². The van der Waals surface area contributed by atoms with E-state index in [0.717, 1.165) is 5.56 Å². The second kappa shape index (κ2) is 10.1. The Morgan fingerprint density at radius 1 is 1.10 bits per heavy atom. The van der Waals surface area contributed by atoms with E-state index in [1.165, 1.54) is 4.31 Å². The number of hydrogen-bond donors (Lipinski definition) is 0. The lowest BCUT2D eigenvalue weighted by atomic mass is 10.2. The molecule has 0 saturated carbocycles. The Balaban J connectivity index is 1.50. The summed E-state index contributed by atoms with van der Waals surface area (Å²) in [6, 6.07) is 12.1. The Bertz CT molecular complexity index is 917. The monoisotopic (exact) mass is 458 g/mol. The molecule has 0 amide bonds. The Morgan fingerprint density at radius 3 is 2.48 bits per heavy atom. The van der Waals surface area contributed by atoms with Crippen molar-refractivity contribution in [3.63, 3.8) is 0 Å². The molecule has 1 saturated heterocycles. The normalized spacial score (nSPS) is 15.6. The van der Waals surface area contributed by atoms with Crippen LogP contribution in [0.5, 0.6) is 5.75 Å². The number of benzene rings is 2. The Hall–Kier alpha value is -1.35. The first-order valence-electron chi connectivity index (χ1n) is 9.30. The quantitative estimate of drug-likeness (QED) is 0.605.